The van der Waals surface area contributed by atoms with E-state index in [-0.39, 0.29) is 22.7 Å². The predicted molar refractivity (Wildman–Crippen MR) is 73.6 cm³/mol. The minimum atomic E-state index is -2.28. The Hall–Kier alpha value is -1.54. The van der Waals surface area contributed by atoms with Crippen LogP contribution in [0.3, 0.4) is 0 Å². The third-order valence-electron chi connectivity index (χ3n) is 3.39. The highest BCUT2D eigenvalue weighted by molar-refractivity contribution is 7.78. The fraction of sp³-hybridized carbons (Fsp3) is 0.583. The molecule has 110 valence electrons. The highest BCUT2D eigenvalue weighted by Crippen LogP contribution is 2.41. The quantitative estimate of drug-likeness (QED) is 0.740. The maximum Gasteiger partial charge on any atom is 0.254 e. The normalized spacial score (nSPS) is 16.8. The van der Waals surface area contributed by atoms with Crippen molar-refractivity contribution >= 4 is 22.8 Å². The summed E-state index contributed by atoms with van der Waals surface area (Å²) in [7, 11) is 0. The van der Waals surface area contributed by atoms with E-state index in [0.29, 0.717) is 11.7 Å². The number of anilines is 1. The number of nitrogens with one attached hydrogen (secondary N) is 1. The Labute approximate surface area is 119 Å². The maximum atomic E-state index is 11.4. The molecule has 1 heterocycles. The maximum absolute atomic E-state index is 11.4. The summed E-state index contributed by atoms with van der Waals surface area (Å²) in [5, 5.41) is 3.19. The Morgan fingerprint density at radius 2 is 2.25 bits per heavy atom. The summed E-state index contributed by atoms with van der Waals surface area (Å²) in [6.07, 6.45) is 3.51. The molecule has 0 bridgehead atoms. The lowest BCUT2D eigenvalue weighted by molar-refractivity contribution is 0.100. The zero-order valence-electron chi connectivity index (χ0n) is 11.4. The molecule has 1 atom stereocenters. The molecule has 1 aromatic heterocycles. The summed E-state index contributed by atoms with van der Waals surface area (Å²) in [6.45, 7) is 4.03. The minimum absolute atomic E-state index is 0.137. The first kappa shape index (κ1) is 14.9. The second kappa shape index (κ2) is 5.45. The summed E-state index contributed by atoms with van der Waals surface area (Å²) in [6, 6.07) is 0. The number of aromatic nitrogens is 2. The number of hydrogen-bond donors (Lipinski definition) is 2. The van der Waals surface area contributed by atoms with Crippen LogP contribution in [0.4, 0.5) is 5.82 Å². The first-order valence-electron chi connectivity index (χ1n) is 6.29. The van der Waals surface area contributed by atoms with Gasteiger partial charge >= 0.3 is 0 Å². The molecule has 2 rings (SSSR count). The summed E-state index contributed by atoms with van der Waals surface area (Å²) < 4.78 is 21.4. The van der Waals surface area contributed by atoms with Gasteiger partial charge in [0, 0.05) is 11.7 Å². The van der Waals surface area contributed by atoms with Crippen LogP contribution in [0.2, 0.25) is 0 Å². The van der Waals surface area contributed by atoms with Crippen LogP contribution in [0.1, 0.15) is 42.9 Å². The van der Waals surface area contributed by atoms with Crippen LogP contribution in [0.5, 0.6) is 0 Å². The van der Waals surface area contributed by atoms with E-state index in [1.54, 1.807) is 0 Å². The van der Waals surface area contributed by atoms with Gasteiger partial charge in [0.05, 0.1) is 11.3 Å². The van der Waals surface area contributed by atoms with Crippen LogP contribution in [0.15, 0.2) is 6.20 Å². The molecule has 8 heteroatoms. The van der Waals surface area contributed by atoms with Crippen LogP contribution in [-0.4, -0.2) is 30.2 Å². The number of rotatable bonds is 6. The van der Waals surface area contributed by atoms with Crippen molar-refractivity contribution in [2.45, 2.75) is 38.0 Å². The second-order valence-electron chi connectivity index (χ2n) is 5.48. The monoisotopic (exact) mass is 297 g/mol. The van der Waals surface area contributed by atoms with Crippen molar-refractivity contribution in [2.75, 3.05) is 5.32 Å². The molecule has 1 aliphatic rings. The van der Waals surface area contributed by atoms with Crippen molar-refractivity contribution in [2.24, 2.45) is 11.7 Å². The highest BCUT2D eigenvalue weighted by atomic mass is 32.2. The van der Waals surface area contributed by atoms with Gasteiger partial charge in [-0.2, -0.15) is 0 Å². The van der Waals surface area contributed by atoms with Crippen molar-refractivity contribution in [3.8, 4) is 0 Å². The number of primary amides is 1. The molecule has 0 aromatic carbocycles. The van der Waals surface area contributed by atoms with Gasteiger partial charge < -0.3 is 15.6 Å². The van der Waals surface area contributed by atoms with Gasteiger partial charge in [-0.05, 0) is 43.7 Å². The van der Waals surface area contributed by atoms with Crippen molar-refractivity contribution in [1.82, 2.24) is 9.97 Å². The number of amides is 1. The van der Waals surface area contributed by atoms with E-state index in [9.17, 15) is 13.6 Å². The average molecular weight is 297 g/mol. The second-order valence-corrected chi connectivity index (χ2v) is 6.38. The Kier molecular flexibility index (Phi) is 4.05. The van der Waals surface area contributed by atoms with Gasteiger partial charge in [0.15, 0.2) is 0 Å². The van der Waals surface area contributed by atoms with Crippen LogP contribution in [0, 0.1) is 5.92 Å². The fourth-order valence-corrected chi connectivity index (χ4v) is 2.43. The zero-order valence-corrected chi connectivity index (χ0v) is 12.2. The lowest BCUT2D eigenvalue weighted by atomic mass is 9.98. The molecule has 7 nitrogen and oxygen atoms in total. The van der Waals surface area contributed by atoms with Crippen LogP contribution >= 0.6 is 0 Å². The number of nitrogens with two attached hydrogens (primary N) is 1. The molecule has 0 saturated heterocycles. The minimum Gasteiger partial charge on any atom is -0.772 e. The van der Waals surface area contributed by atoms with E-state index < -0.39 is 17.0 Å². The van der Waals surface area contributed by atoms with Crippen molar-refractivity contribution in [3.63, 3.8) is 0 Å². The predicted octanol–water partition coefficient (Wildman–Crippen LogP) is 0.555. The third-order valence-corrected chi connectivity index (χ3v) is 3.88. The van der Waals surface area contributed by atoms with E-state index in [0.717, 1.165) is 12.8 Å². The molecule has 20 heavy (non-hydrogen) atoms. The van der Waals surface area contributed by atoms with Gasteiger partial charge in [-0.25, -0.2) is 9.97 Å². The van der Waals surface area contributed by atoms with Crippen molar-refractivity contribution in [3.05, 3.63) is 17.6 Å². The van der Waals surface area contributed by atoms with E-state index in [1.807, 2.05) is 13.8 Å². The Balaban J connectivity index is 2.31. The topological polar surface area (TPSA) is 121 Å². The summed E-state index contributed by atoms with van der Waals surface area (Å²) in [5.41, 5.74) is 5.23. The van der Waals surface area contributed by atoms with Gasteiger partial charge in [0.1, 0.15) is 11.6 Å². The smallest absolute Gasteiger partial charge is 0.254 e. The molecular weight excluding hydrogens is 280 g/mol. The van der Waals surface area contributed by atoms with Gasteiger partial charge in [-0.15, -0.1) is 0 Å². The molecular formula is C12H17N4O3S-. The fourth-order valence-electron chi connectivity index (χ4n) is 2.08. The molecule has 1 amide bonds. The molecule has 0 aliphatic heterocycles. The van der Waals surface area contributed by atoms with Gasteiger partial charge in [-0.3, -0.25) is 9.00 Å². The molecule has 1 saturated carbocycles. The lowest BCUT2D eigenvalue weighted by Gasteiger charge is -2.27. The summed E-state index contributed by atoms with van der Waals surface area (Å²) in [5.74, 6) is 0.00358. The summed E-state index contributed by atoms with van der Waals surface area (Å²) in [4.78, 5) is 19.4. The molecule has 1 aromatic rings. The third kappa shape index (κ3) is 3.51. The van der Waals surface area contributed by atoms with Crippen molar-refractivity contribution in [1.29, 1.82) is 0 Å². The SMILES string of the molecule is CC(C)(Nc1nc(CS(=O)[O-])ncc1C(N)=O)C1CC1. The van der Waals surface area contributed by atoms with Gasteiger partial charge in [0.25, 0.3) is 5.91 Å². The van der Waals surface area contributed by atoms with E-state index >= 15 is 0 Å². The lowest BCUT2D eigenvalue weighted by Crippen LogP contribution is -2.35. The van der Waals surface area contributed by atoms with Crippen LogP contribution < -0.4 is 11.1 Å². The molecule has 0 spiro atoms. The number of hydrogen-bond acceptors (Lipinski definition) is 6. The highest BCUT2D eigenvalue weighted by Gasteiger charge is 2.38. The number of nitrogens with zero attached hydrogens (tertiary/aromatic N) is 2. The first-order chi connectivity index (χ1) is 9.29. The van der Waals surface area contributed by atoms with Crippen LogP contribution in [0.25, 0.3) is 0 Å². The molecule has 1 aliphatic carbocycles. The van der Waals surface area contributed by atoms with Gasteiger partial charge in [0.2, 0.25) is 0 Å². The Bertz CT molecular complexity index is 558. The Morgan fingerprint density at radius 1 is 1.60 bits per heavy atom. The number of carbonyl (C=O) groups is 1. The first-order valence-corrected chi connectivity index (χ1v) is 7.54. The molecule has 3 N–H and O–H groups in total. The standard InChI is InChI=1S/C12H18N4O3S/c1-12(2,7-3-4-7)16-11-8(10(13)17)5-14-9(15-11)6-20(18)19/h5,7H,3-4,6H2,1-2H3,(H2,13,17)(H,18,19)(H,14,15,16)/p-1. The van der Waals surface area contributed by atoms with Crippen molar-refractivity contribution < 1.29 is 13.6 Å². The largest absolute Gasteiger partial charge is 0.772 e. The van der Waals surface area contributed by atoms with Crippen LogP contribution in [-0.2, 0) is 16.8 Å². The Morgan fingerprint density at radius 3 is 2.75 bits per heavy atom. The molecule has 0 radical (unpaired) electrons. The van der Waals surface area contributed by atoms with E-state index in [4.69, 9.17) is 5.73 Å². The molecule has 1 fully saturated rings. The summed E-state index contributed by atoms with van der Waals surface area (Å²) >= 11 is -2.28. The zero-order chi connectivity index (χ0) is 14.9. The number of carbonyl (C=O) groups excluding carboxylic acids is 1. The van der Waals surface area contributed by atoms with Gasteiger partial charge in [-0.1, -0.05) is 0 Å². The average Bonchev–Trinajstić information content (AvgIpc) is 3.10. The molecule has 1 unspecified atom stereocenters. The van der Waals surface area contributed by atoms with E-state index in [2.05, 4.69) is 15.3 Å². The van der Waals surface area contributed by atoms with E-state index in [1.165, 1.54) is 6.20 Å².